The van der Waals surface area contributed by atoms with Crippen molar-refractivity contribution in [2.24, 2.45) is 0 Å². The summed E-state index contributed by atoms with van der Waals surface area (Å²) >= 11 is 0. The molecule has 0 unspecified atom stereocenters. The summed E-state index contributed by atoms with van der Waals surface area (Å²) in [6, 6.07) is 16.2. The minimum atomic E-state index is -3.47. The molecule has 1 heterocycles. The van der Waals surface area contributed by atoms with E-state index in [0.29, 0.717) is 61.2 Å². The maximum atomic E-state index is 12.4. The Morgan fingerprint density at radius 2 is 1.49 bits per heavy atom. The van der Waals surface area contributed by atoms with E-state index in [1.165, 1.54) is 6.26 Å². The quantitative estimate of drug-likeness (QED) is 0.160. The average Bonchev–Trinajstić information content (AvgIpc) is 3.01. The Balaban J connectivity index is 1.31. The standard InChI is InChI=1S/C34H40O10S/c1-45(39,40)28-21-26(25-12-14-31-32(22-25)44-19-18-43-31)20-27(23-28)41-16-5-3-2-4-8-24-9-6-10-30(29(24)13-15-34(37)38)42-17-7-11-33(35)36/h6,9-10,12,14,20-23H,2-5,7-8,11,13,15-19H2,1H3,(H,35,36)(H,37,38). The monoisotopic (exact) mass is 640 g/mol. The van der Waals surface area contributed by atoms with E-state index in [9.17, 15) is 23.1 Å². The molecule has 0 aromatic heterocycles. The second kappa shape index (κ2) is 16.2. The molecule has 45 heavy (non-hydrogen) atoms. The van der Waals surface area contributed by atoms with E-state index in [1.54, 1.807) is 18.2 Å². The highest BCUT2D eigenvalue weighted by atomic mass is 32.2. The van der Waals surface area contributed by atoms with Crippen molar-refractivity contribution in [3.63, 3.8) is 0 Å². The van der Waals surface area contributed by atoms with Crippen LogP contribution >= 0.6 is 0 Å². The van der Waals surface area contributed by atoms with E-state index < -0.39 is 21.8 Å². The summed E-state index contributed by atoms with van der Waals surface area (Å²) in [5, 5.41) is 18.1. The number of aliphatic carboxylic acids is 2. The first kappa shape index (κ1) is 33.6. The van der Waals surface area contributed by atoms with Crippen molar-refractivity contribution < 1.29 is 47.2 Å². The molecule has 0 radical (unpaired) electrons. The van der Waals surface area contributed by atoms with Crippen LogP contribution < -0.4 is 18.9 Å². The number of fused-ring (bicyclic) bond motifs is 1. The summed E-state index contributed by atoms with van der Waals surface area (Å²) in [6.45, 7) is 1.62. The first-order valence-electron chi connectivity index (χ1n) is 15.2. The number of unbranched alkanes of at least 4 members (excludes halogenated alkanes) is 3. The Kier molecular flexibility index (Phi) is 12.1. The second-order valence-electron chi connectivity index (χ2n) is 11.0. The molecule has 11 heteroatoms. The summed E-state index contributed by atoms with van der Waals surface area (Å²) in [4.78, 5) is 22.2. The Morgan fingerprint density at radius 1 is 0.756 bits per heavy atom. The molecule has 0 spiro atoms. The van der Waals surface area contributed by atoms with Crippen LogP contribution in [0.5, 0.6) is 23.0 Å². The highest BCUT2D eigenvalue weighted by Crippen LogP contribution is 2.36. The molecule has 10 nitrogen and oxygen atoms in total. The minimum absolute atomic E-state index is 0.0120. The van der Waals surface area contributed by atoms with Gasteiger partial charge in [-0.1, -0.05) is 31.0 Å². The largest absolute Gasteiger partial charge is 0.494 e. The van der Waals surface area contributed by atoms with Gasteiger partial charge in [0.1, 0.15) is 24.7 Å². The molecule has 4 rings (SSSR count). The third-order valence-electron chi connectivity index (χ3n) is 7.40. The number of sulfone groups is 1. The number of ether oxygens (including phenoxy) is 4. The molecular weight excluding hydrogens is 600 g/mol. The topological polar surface area (TPSA) is 146 Å². The third-order valence-corrected chi connectivity index (χ3v) is 8.50. The molecule has 0 aliphatic carbocycles. The van der Waals surface area contributed by atoms with E-state index in [2.05, 4.69) is 0 Å². The van der Waals surface area contributed by atoms with Gasteiger partial charge in [-0.15, -0.1) is 0 Å². The maximum Gasteiger partial charge on any atom is 0.303 e. The zero-order valence-corrected chi connectivity index (χ0v) is 26.3. The Hall–Kier alpha value is -4.25. The Morgan fingerprint density at radius 3 is 2.24 bits per heavy atom. The molecule has 3 aromatic rings. The lowest BCUT2D eigenvalue weighted by molar-refractivity contribution is -0.138. The number of carboxylic acid groups (broad SMARTS) is 2. The molecule has 0 atom stereocenters. The minimum Gasteiger partial charge on any atom is -0.494 e. The van der Waals surface area contributed by atoms with Crippen LogP contribution in [0.4, 0.5) is 0 Å². The van der Waals surface area contributed by atoms with Crippen LogP contribution in [0.25, 0.3) is 11.1 Å². The van der Waals surface area contributed by atoms with Crippen LogP contribution in [0.15, 0.2) is 59.5 Å². The lowest BCUT2D eigenvalue weighted by Crippen LogP contribution is -2.15. The third kappa shape index (κ3) is 10.4. The lowest BCUT2D eigenvalue weighted by atomic mass is 9.97. The van der Waals surface area contributed by atoms with Crippen molar-refractivity contribution in [1.29, 1.82) is 0 Å². The van der Waals surface area contributed by atoms with Gasteiger partial charge in [0, 0.05) is 19.1 Å². The van der Waals surface area contributed by atoms with E-state index >= 15 is 0 Å². The fraction of sp³-hybridized carbons (Fsp3) is 0.412. The van der Waals surface area contributed by atoms with Crippen LogP contribution in [-0.4, -0.2) is 63.3 Å². The van der Waals surface area contributed by atoms with Crippen LogP contribution in [-0.2, 0) is 32.3 Å². The smallest absolute Gasteiger partial charge is 0.303 e. The second-order valence-corrected chi connectivity index (χ2v) is 13.0. The van der Waals surface area contributed by atoms with E-state index in [1.807, 2.05) is 36.4 Å². The van der Waals surface area contributed by atoms with Crippen LogP contribution in [0.1, 0.15) is 56.1 Å². The van der Waals surface area contributed by atoms with Gasteiger partial charge in [-0.2, -0.15) is 0 Å². The van der Waals surface area contributed by atoms with Gasteiger partial charge in [-0.05, 0) is 90.8 Å². The van der Waals surface area contributed by atoms with E-state index in [-0.39, 0.29) is 24.3 Å². The van der Waals surface area contributed by atoms with Gasteiger partial charge in [0.25, 0.3) is 0 Å². The molecule has 1 aliphatic heterocycles. The summed E-state index contributed by atoms with van der Waals surface area (Å²) in [5.74, 6) is 0.599. The van der Waals surface area contributed by atoms with Gasteiger partial charge in [-0.25, -0.2) is 8.42 Å². The zero-order valence-electron chi connectivity index (χ0n) is 25.5. The number of hydrogen-bond acceptors (Lipinski definition) is 8. The number of benzene rings is 3. The molecule has 242 valence electrons. The Bertz CT molecular complexity index is 1580. The molecule has 1 aliphatic rings. The number of aryl methyl sites for hydroxylation is 1. The van der Waals surface area contributed by atoms with Crippen LogP contribution in [0.2, 0.25) is 0 Å². The highest BCUT2D eigenvalue weighted by Gasteiger charge is 2.16. The number of hydrogen-bond donors (Lipinski definition) is 2. The van der Waals surface area contributed by atoms with Crippen molar-refractivity contribution >= 4 is 21.8 Å². The van der Waals surface area contributed by atoms with Gasteiger partial charge in [-0.3, -0.25) is 9.59 Å². The first-order chi connectivity index (χ1) is 21.6. The van der Waals surface area contributed by atoms with Crippen molar-refractivity contribution in [2.75, 3.05) is 32.7 Å². The predicted molar refractivity (Wildman–Crippen MR) is 168 cm³/mol. The number of carbonyl (C=O) groups is 2. The van der Waals surface area contributed by atoms with Gasteiger partial charge in [0.05, 0.1) is 18.1 Å². The summed E-state index contributed by atoms with van der Waals surface area (Å²) in [7, 11) is -3.47. The molecule has 0 saturated heterocycles. The van der Waals surface area contributed by atoms with Gasteiger partial charge < -0.3 is 29.2 Å². The van der Waals surface area contributed by atoms with Crippen LogP contribution in [0.3, 0.4) is 0 Å². The summed E-state index contributed by atoms with van der Waals surface area (Å²) in [6.07, 6.45) is 6.14. The summed E-state index contributed by atoms with van der Waals surface area (Å²) in [5.41, 5.74) is 3.40. The fourth-order valence-electron chi connectivity index (χ4n) is 5.12. The number of carboxylic acids is 2. The van der Waals surface area contributed by atoms with Gasteiger partial charge in [0.15, 0.2) is 21.3 Å². The SMILES string of the molecule is CS(=O)(=O)c1cc(OCCCCCCc2cccc(OCCCC(=O)O)c2CCC(=O)O)cc(-c2ccc3c(c2)OCCO3)c1. The van der Waals surface area contributed by atoms with Crippen LogP contribution in [0, 0.1) is 0 Å². The molecular formula is C34H40O10S. The highest BCUT2D eigenvalue weighted by molar-refractivity contribution is 7.90. The number of rotatable bonds is 18. The Labute approximate surface area is 263 Å². The molecule has 3 aromatic carbocycles. The predicted octanol–water partition coefficient (Wildman–Crippen LogP) is 5.97. The molecule has 2 N–H and O–H groups in total. The van der Waals surface area contributed by atoms with Crippen molar-refractivity contribution in [1.82, 2.24) is 0 Å². The van der Waals surface area contributed by atoms with Crippen molar-refractivity contribution in [2.45, 2.75) is 62.7 Å². The fourth-order valence-corrected chi connectivity index (χ4v) is 5.79. The molecule has 0 bridgehead atoms. The molecule has 0 amide bonds. The first-order valence-corrected chi connectivity index (χ1v) is 17.0. The van der Waals surface area contributed by atoms with Gasteiger partial charge >= 0.3 is 11.9 Å². The average molecular weight is 641 g/mol. The summed E-state index contributed by atoms with van der Waals surface area (Å²) < 4.78 is 48.0. The lowest BCUT2D eigenvalue weighted by Gasteiger charge is -2.19. The van der Waals surface area contributed by atoms with Crippen molar-refractivity contribution in [3.8, 4) is 34.1 Å². The van der Waals surface area contributed by atoms with Gasteiger partial charge in [0.2, 0.25) is 0 Å². The van der Waals surface area contributed by atoms with Crippen molar-refractivity contribution in [3.05, 3.63) is 65.7 Å². The van der Waals surface area contributed by atoms with E-state index in [4.69, 9.17) is 24.1 Å². The normalized spacial score (nSPS) is 12.5. The zero-order chi connectivity index (χ0) is 32.2. The van der Waals surface area contributed by atoms with E-state index in [0.717, 1.165) is 48.8 Å². The molecule has 0 saturated carbocycles. The maximum absolute atomic E-state index is 12.4. The molecule has 0 fully saturated rings.